The molecule has 4 nitrogen and oxygen atoms in total. The molecule has 2 aromatic carbocycles. The van der Waals surface area contributed by atoms with E-state index in [-0.39, 0.29) is 0 Å². The molecule has 2 aromatic rings. The zero-order valence-electron chi connectivity index (χ0n) is 15.5. The number of hydrogen-bond donors (Lipinski definition) is 2. The Morgan fingerprint density at radius 2 is 1.00 bits per heavy atom. The molecule has 2 rings (SSSR count). The highest BCUT2D eigenvalue weighted by Gasteiger charge is 2.16. The minimum absolute atomic E-state index is 0.405. The summed E-state index contributed by atoms with van der Waals surface area (Å²) in [5.41, 5.74) is 17.5. The maximum Gasteiger partial charge on any atom is 0.0889 e. The lowest BCUT2D eigenvalue weighted by atomic mass is 9.94. The molecule has 0 atom stereocenters. The monoisotopic (exact) mass is 324 g/mol. The van der Waals surface area contributed by atoms with E-state index in [0.29, 0.717) is 0 Å². The molecule has 24 heavy (non-hydrogen) atoms. The summed E-state index contributed by atoms with van der Waals surface area (Å²) in [5, 5.41) is 8.93. The van der Waals surface area contributed by atoms with Gasteiger partial charge in [0.1, 0.15) is 0 Å². The molecule has 128 valence electrons. The quantitative estimate of drug-likeness (QED) is 0.767. The Balaban J connectivity index is 2.41. The van der Waals surface area contributed by atoms with E-state index in [0.717, 1.165) is 33.6 Å². The first-order valence-corrected chi connectivity index (χ1v) is 8.20. The van der Waals surface area contributed by atoms with Gasteiger partial charge in [-0.3, -0.25) is 0 Å². The second-order valence-corrected chi connectivity index (χ2v) is 7.65. The van der Waals surface area contributed by atoms with E-state index >= 15 is 0 Å². The fraction of sp³-hybridized carbons (Fsp3) is 0.400. The average molecular weight is 324 g/mol. The first kappa shape index (κ1) is 18.3. The fourth-order valence-electron chi connectivity index (χ4n) is 2.34. The maximum atomic E-state index is 6.19. The van der Waals surface area contributed by atoms with Crippen molar-refractivity contribution in [3.05, 3.63) is 58.7 Å². The molecular formula is C20H28N4. The number of nitrogens with zero attached hydrogens (tertiary/aromatic N) is 2. The SMILES string of the molecule is Cc1ccc(C(C)(C)N)cc1N=Nc1cc(C(C)(C)N)ccc1C. The van der Waals surface area contributed by atoms with Crippen LogP contribution in [0, 0.1) is 13.8 Å². The molecule has 0 saturated heterocycles. The Labute approximate surface area is 145 Å². The number of rotatable bonds is 4. The van der Waals surface area contributed by atoms with Crippen LogP contribution in [-0.2, 0) is 11.1 Å². The van der Waals surface area contributed by atoms with Gasteiger partial charge in [-0.1, -0.05) is 24.3 Å². The third-order valence-corrected chi connectivity index (χ3v) is 4.17. The van der Waals surface area contributed by atoms with Gasteiger partial charge in [-0.2, -0.15) is 10.2 Å². The highest BCUT2D eigenvalue weighted by atomic mass is 15.1. The fourth-order valence-corrected chi connectivity index (χ4v) is 2.34. The van der Waals surface area contributed by atoms with E-state index in [2.05, 4.69) is 10.2 Å². The van der Waals surface area contributed by atoms with E-state index < -0.39 is 11.1 Å². The highest BCUT2D eigenvalue weighted by Crippen LogP contribution is 2.30. The van der Waals surface area contributed by atoms with E-state index in [9.17, 15) is 0 Å². The molecule has 0 spiro atoms. The predicted octanol–water partition coefficient (Wildman–Crippen LogP) is 5.11. The van der Waals surface area contributed by atoms with Crippen LogP contribution in [-0.4, -0.2) is 0 Å². The van der Waals surface area contributed by atoms with Crippen molar-refractivity contribution < 1.29 is 0 Å². The van der Waals surface area contributed by atoms with Gasteiger partial charge in [0.05, 0.1) is 11.4 Å². The van der Waals surface area contributed by atoms with E-state index in [1.54, 1.807) is 0 Å². The van der Waals surface area contributed by atoms with Crippen molar-refractivity contribution in [1.29, 1.82) is 0 Å². The topological polar surface area (TPSA) is 76.8 Å². The molecule has 4 heteroatoms. The average Bonchev–Trinajstić information content (AvgIpc) is 2.45. The van der Waals surface area contributed by atoms with Gasteiger partial charge in [-0.15, -0.1) is 0 Å². The molecule has 0 aliphatic rings. The first-order chi connectivity index (χ1) is 11.0. The maximum absolute atomic E-state index is 6.19. The number of aryl methyl sites for hydroxylation is 2. The second kappa shape index (κ2) is 6.46. The molecular weight excluding hydrogens is 296 g/mol. The van der Waals surface area contributed by atoms with Crippen molar-refractivity contribution in [2.45, 2.75) is 52.6 Å². The van der Waals surface area contributed by atoms with Gasteiger partial charge in [-0.05, 0) is 75.9 Å². The number of nitrogens with two attached hydrogens (primary N) is 2. The largest absolute Gasteiger partial charge is 0.322 e. The van der Waals surface area contributed by atoms with Crippen LogP contribution in [0.15, 0.2) is 46.6 Å². The van der Waals surface area contributed by atoms with Crippen LogP contribution in [0.4, 0.5) is 11.4 Å². The number of benzene rings is 2. The molecule has 0 aromatic heterocycles. The number of hydrogen-bond acceptors (Lipinski definition) is 4. The van der Waals surface area contributed by atoms with Crippen LogP contribution in [0.5, 0.6) is 0 Å². The first-order valence-electron chi connectivity index (χ1n) is 8.20. The zero-order chi connectivity index (χ0) is 18.1. The minimum atomic E-state index is -0.405. The molecule has 4 N–H and O–H groups in total. The van der Waals surface area contributed by atoms with E-state index in [1.165, 1.54) is 0 Å². The zero-order valence-corrected chi connectivity index (χ0v) is 15.5. The van der Waals surface area contributed by atoms with Crippen molar-refractivity contribution in [1.82, 2.24) is 0 Å². The third-order valence-electron chi connectivity index (χ3n) is 4.17. The standard InChI is InChI=1S/C20H28N4/c1-13-7-9-15(19(3,4)21)11-17(13)23-24-18-12-16(20(5,6)22)10-8-14(18)2/h7-12H,21-22H2,1-6H3. The van der Waals surface area contributed by atoms with Crippen LogP contribution in [0.2, 0.25) is 0 Å². The molecule has 0 unspecified atom stereocenters. The lowest BCUT2D eigenvalue weighted by Gasteiger charge is -2.20. The Morgan fingerprint density at radius 1 is 0.667 bits per heavy atom. The van der Waals surface area contributed by atoms with E-state index in [1.807, 2.05) is 77.9 Å². The van der Waals surface area contributed by atoms with E-state index in [4.69, 9.17) is 11.5 Å². The van der Waals surface area contributed by atoms with Crippen molar-refractivity contribution in [2.75, 3.05) is 0 Å². The summed E-state index contributed by atoms with van der Waals surface area (Å²) < 4.78 is 0. The van der Waals surface area contributed by atoms with Crippen LogP contribution in [0.25, 0.3) is 0 Å². The summed E-state index contributed by atoms with van der Waals surface area (Å²) >= 11 is 0. The summed E-state index contributed by atoms with van der Waals surface area (Å²) in [6.07, 6.45) is 0. The third kappa shape index (κ3) is 4.28. The lowest BCUT2D eigenvalue weighted by Crippen LogP contribution is -2.28. The normalized spacial score (nSPS) is 12.8. The molecule has 0 bridgehead atoms. The Hall–Kier alpha value is -2.04. The Morgan fingerprint density at radius 3 is 1.29 bits per heavy atom. The Kier molecular flexibility index (Phi) is 4.92. The predicted molar refractivity (Wildman–Crippen MR) is 101 cm³/mol. The van der Waals surface area contributed by atoms with Crippen molar-refractivity contribution in [3.63, 3.8) is 0 Å². The van der Waals surface area contributed by atoms with Crippen LogP contribution < -0.4 is 11.5 Å². The molecule has 0 heterocycles. The summed E-state index contributed by atoms with van der Waals surface area (Å²) in [6, 6.07) is 12.2. The molecule has 0 aliphatic heterocycles. The molecule has 0 saturated carbocycles. The van der Waals surface area contributed by atoms with Gasteiger partial charge in [0.2, 0.25) is 0 Å². The summed E-state index contributed by atoms with van der Waals surface area (Å²) in [4.78, 5) is 0. The lowest BCUT2D eigenvalue weighted by molar-refractivity contribution is 0.554. The van der Waals surface area contributed by atoms with Gasteiger partial charge in [0.15, 0.2) is 0 Å². The summed E-state index contributed by atoms with van der Waals surface area (Å²) in [7, 11) is 0. The minimum Gasteiger partial charge on any atom is -0.322 e. The van der Waals surface area contributed by atoms with Gasteiger partial charge in [0.25, 0.3) is 0 Å². The van der Waals surface area contributed by atoms with Gasteiger partial charge in [-0.25, -0.2) is 0 Å². The molecule has 0 fully saturated rings. The van der Waals surface area contributed by atoms with Crippen LogP contribution in [0.1, 0.15) is 49.9 Å². The van der Waals surface area contributed by atoms with Gasteiger partial charge < -0.3 is 11.5 Å². The van der Waals surface area contributed by atoms with Crippen molar-refractivity contribution in [2.24, 2.45) is 21.7 Å². The highest BCUT2D eigenvalue weighted by molar-refractivity contribution is 5.52. The smallest absolute Gasteiger partial charge is 0.0889 e. The van der Waals surface area contributed by atoms with Crippen molar-refractivity contribution >= 4 is 11.4 Å². The van der Waals surface area contributed by atoms with Crippen LogP contribution >= 0.6 is 0 Å². The second-order valence-electron chi connectivity index (χ2n) is 7.65. The molecule has 0 radical (unpaired) electrons. The van der Waals surface area contributed by atoms with Gasteiger partial charge >= 0.3 is 0 Å². The molecule has 0 aliphatic carbocycles. The summed E-state index contributed by atoms with van der Waals surface area (Å²) in [5.74, 6) is 0. The molecule has 0 amide bonds. The van der Waals surface area contributed by atoms with Gasteiger partial charge in [0, 0.05) is 11.1 Å². The Bertz CT molecular complexity index is 697. The number of azo groups is 1. The van der Waals surface area contributed by atoms with Crippen LogP contribution in [0.3, 0.4) is 0 Å². The van der Waals surface area contributed by atoms with Crippen molar-refractivity contribution in [3.8, 4) is 0 Å². The summed E-state index contributed by atoms with van der Waals surface area (Å²) in [6.45, 7) is 12.0.